The highest BCUT2D eigenvalue weighted by Gasteiger charge is 2.39. The van der Waals surface area contributed by atoms with Crippen LogP contribution in [0.15, 0.2) is 41.4 Å². The standard InChI is InChI=1S/C28H35N5O4/c1-18-14-20(15-22-21(18)16-33-25(17-34)27(36)31-28(33)30-22)37-13-6-2-3-11-24(26(29)35)32-12-7-9-19-8-4-5-10-23(19)32/h4-5,8,10,14-15,24-25,34H,2-3,6-7,9,11-13,16-17H2,1H3,(H2,29,35)(H,30,31,36). The Labute approximate surface area is 217 Å². The number of nitrogens with one attached hydrogen (secondary N) is 1. The Kier molecular flexibility index (Phi) is 7.32. The van der Waals surface area contributed by atoms with Crippen LogP contribution in [-0.4, -0.2) is 59.6 Å². The van der Waals surface area contributed by atoms with E-state index in [0.29, 0.717) is 19.1 Å². The molecule has 0 radical (unpaired) electrons. The molecule has 1 saturated heterocycles. The number of aliphatic hydroxyl groups is 1. The molecule has 4 N–H and O–H groups in total. The first-order chi connectivity index (χ1) is 18.0. The number of para-hydroxylation sites is 1. The predicted molar refractivity (Wildman–Crippen MR) is 142 cm³/mol. The zero-order chi connectivity index (χ0) is 25.9. The van der Waals surface area contributed by atoms with Gasteiger partial charge in [-0.15, -0.1) is 0 Å². The van der Waals surface area contributed by atoms with E-state index in [4.69, 9.17) is 10.5 Å². The van der Waals surface area contributed by atoms with Crippen LogP contribution in [0.2, 0.25) is 0 Å². The van der Waals surface area contributed by atoms with E-state index in [-0.39, 0.29) is 24.5 Å². The molecule has 0 aromatic heterocycles. The van der Waals surface area contributed by atoms with E-state index in [0.717, 1.165) is 73.3 Å². The molecule has 1 fully saturated rings. The van der Waals surface area contributed by atoms with Crippen molar-refractivity contribution in [2.45, 2.75) is 64.1 Å². The summed E-state index contributed by atoms with van der Waals surface area (Å²) in [4.78, 5) is 33.0. The first-order valence-electron chi connectivity index (χ1n) is 13.1. The van der Waals surface area contributed by atoms with Gasteiger partial charge in [0.05, 0.1) is 18.9 Å². The van der Waals surface area contributed by atoms with E-state index in [1.807, 2.05) is 31.2 Å². The normalized spacial score (nSPS) is 18.9. The van der Waals surface area contributed by atoms with E-state index in [9.17, 15) is 14.7 Å². The van der Waals surface area contributed by atoms with Crippen molar-refractivity contribution in [2.75, 3.05) is 24.7 Å². The van der Waals surface area contributed by atoms with Crippen molar-refractivity contribution in [3.05, 3.63) is 53.1 Å². The van der Waals surface area contributed by atoms with Gasteiger partial charge in [-0.1, -0.05) is 24.6 Å². The van der Waals surface area contributed by atoms with Crippen LogP contribution < -0.4 is 20.7 Å². The molecule has 2 amide bonds. The number of nitrogens with two attached hydrogens (primary N) is 1. The van der Waals surface area contributed by atoms with E-state index < -0.39 is 6.04 Å². The summed E-state index contributed by atoms with van der Waals surface area (Å²) in [6.07, 6.45) is 5.52. The maximum atomic E-state index is 12.3. The fourth-order valence-electron chi connectivity index (χ4n) is 5.60. The largest absolute Gasteiger partial charge is 0.494 e. The summed E-state index contributed by atoms with van der Waals surface area (Å²) in [6.45, 7) is 3.71. The lowest BCUT2D eigenvalue weighted by Gasteiger charge is -2.36. The lowest BCUT2D eigenvalue weighted by molar-refractivity contribution is -0.122. The topological polar surface area (TPSA) is 120 Å². The van der Waals surface area contributed by atoms with Gasteiger partial charge in [0.15, 0.2) is 0 Å². The molecule has 0 saturated carbocycles. The third-order valence-electron chi connectivity index (χ3n) is 7.58. The zero-order valence-corrected chi connectivity index (χ0v) is 21.3. The number of anilines is 1. The highest BCUT2D eigenvalue weighted by Crippen LogP contribution is 2.35. The Hall–Kier alpha value is -3.59. The van der Waals surface area contributed by atoms with Crippen molar-refractivity contribution in [1.29, 1.82) is 0 Å². The van der Waals surface area contributed by atoms with Crippen LogP contribution in [0.1, 0.15) is 48.8 Å². The van der Waals surface area contributed by atoms with Crippen LogP contribution in [0.25, 0.3) is 0 Å². The molecule has 9 nitrogen and oxygen atoms in total. The second-order valence-electron chi connectivity index (χ2n) is 10.0. The number of hydrogen-bond donors (Lipinski definition) is 3. The minimum absolute atomic E-state index is 0.230. The van der Waals surface area contributed by atoms with Gasteiger partial charge in [-0.05, 0) is 62.3 Å². The number of aryl methyl sites for hydroxylation is 2. The van der Waals surface area contributed by atoms with Crippen LogP contribution >= 0.6 is 0 Å². The van der Waals surface area contributed by atoms with Crippen molar-refractivity contribution in [3.8, 4) is 5.75 Å². The molecule has 196 valence electrons. The van der Waals surface area contributed by atoms with Gasteiger partial charge in [-0.3, -0.25) is 14.9 Å². The summed E-state index contributed by atoms with van der Waals surface area (Å²) < 4.78 is 6.03. The first-order valence-corrected chi connectivity index (χ1v) is 13.1. The second-order valence-corrected chi connectivity index (χ2v) is 10.0. The van der Waals surface area contributed by atoms with Crippen LogP contribution in [0, 0.1) is 6.92 Å². The average Bonchev–Trinajstić information content (AvgIpc) is 3.20. The number of nitrogens with zero attached hydrogens (tertiary/aromatic N) is 3. The number of ether oxygens (including phenoxy) is 1. The first kappa shape index (κ1) is 25.1. The minimum atomic E-state index is -0.596. The lowest BCUT2D eigenvalue weighted by Crippen LogP contribution is -2.47. The molecule has 2 unspecified atom stereocenters. The summed E-state index contributed by atoms with van der Waals surface area (Å²) in [6, 6.07) is 11.3. The van der Waals surface area contributed by atoms with Crippen LogP contribution in [0.5, 0.6) is 5.75 Å². The van der Waals surface area contributed by atoms with Crippen molar-refractivity contribution < 1.29 is 19.4 Å². The Morgan fingerprint density at radius 3 is 2.92 bits per heavy atom. The Morgan fingerprint density at radius 1 is 1.27 bits per heavy atom. The molecule has 0 bridgehead atoms. The number of rotatable bonds is 10. The van der Waals surface area contributed by atoms with Gasteiger partial charge in [0.2, 0.25) is 11.9 Å². The molecule has 37 heavy (non-hydrogen) atoms. The van der Waals surface area contributed by atoms with Crippen molar-refractivity contribution in [2.24, 2.45) is 10.7 Å². The molecule has 3 aliphatic heterocycles. The molecule has 9 heteroatoms. The highest BCUT2D eigenvalue weighted by molar-refractivity contribution is 6.07. The van der Waals surface area contributed by atoms with Crippen LogP contribution in [-0.2, 0) is 22.6 Å². The van der Waals surface area contributed by atoms with Crippen molar-refractivity contribution in [3.63, 3.8) is 0 Å². The fraction of sp³-hybridized carbons (Fsp3) is 0.464. The molecule has 5 rings (SSSR count). The Bertz CT molecular complexity index is 1210. The van der Waals surface area contributed by atoms with Crippen molar-refractivity contribution in [1.82, 2.24) is 10.2 Å². The number of benzene rings is 2. The number of carbonyl (C=O) groups is 2. The fourth-order valence-corrected chi connectivity index (χ4v) is 5.60. The van der Waals surface area contributed by atoms with Crippen molar-refractivity contribution >= 4 is 29.1 Å². The summed E-state index contributed by atoms with van der Waals surface area (Å²) in [5.41, 5.74) is 11.1. The Morgan fingerprint density at radius 2 is 2.11 bits per heavy atom. The summed E-state index contributed by atoms with van der Waals surface area (Å²) >= 11 is 0. The Balaban J connectivity index is 1.13. The number of primary amides is 1. The van der Waals surface area contributed by atoms with Gasteiger partial charge in [-0.2, -0.15) is 0 Å². The number of carbonyl (C=O) groups excluding carboxylic acids is 2. The number of unbranched alkanes of at least 4 members (excludes halogenated alkanes) is 2. The third-order valence-corrected chi connectivity index (χ3v) is 7.58. The SMILES string of the molecule is Cc1cc(OCCCCCC(C(N)=O)N2CCCc3ccccc32)cc2c1CN1C(=N2)NC(=O)C1CO. The molecule has 2 aromatic carbocycles. The molecular formula is C28H35N5O4. The van der Waals surface area contributed by atoms with Gasteiger partial charge in [0.1, 0.15) is 17.8 Å². The highest BCUT2D eigenvalue weighted by atomic mass is 16.5. The predicted octanol–water partition coefficient (Wildman–Crippen LogP) is 2.53. The number of fused-ring (bicyclic) bond motifs is 3. The number of hydrogen-bond acceptors (Lipinski definition) is 7. The quantitative estimate of drug-likeness (QED) is 0.427. The summed E-state index contributed by atoms with van der Waals surface area (Å²) in [7, 11) is 0. The summed E-state index contributed by atoms with van der Waals surface area (Å²) in [5, 5.41) is 12.3. The molecule has 2 aromatic rings. The monoisotopic (exact) mass is 505 g/mol. The van der Waals surface area contributed by atoms with Gasteiger partial charge in [-0.25, -0.2) is 4.99 Å². The number of amides is 2. The van der Waals surface area contributed by atoms with Crippen LogP contribution in [0.3, 0.4) is 0 Å². The molecular weight excluding hydrogens is 470 g/mol. The molecule has 3 aliphatic rings. The van der Waals surface area contributed by atoms with Crippen LogP contribution in [0.4, 0.5) is 11.4 Å². The molecule has 3 heterocycles. The molecule has 0 aliphatic carbocycles. The number of aliphatic hydroxyl groups excluding tert-OH is 1. The van der Waals surface area contributed by atoms with E-state index in [1.165, 1.54) is 5.56 Å². The third kappa shape index (κ3) is 5.13. The molecule has 2 atom stereocenters. The van der Waals surface area contributed by atoms with E-state index in [1.54, 1.807) is 4.90 Å². The number of guanidine groups is 1. The van der Waals surface area contributed by atoms with Gasteiger partial charge in [0.25, 0.3) is 5.91 Å². The van der Waals surface area contributed by atoms with Gasteiger partial charge in [0, 0.05) is 30.4 Å². The van der Waals surface area contributed by atoms with E-state index in [2.05, 4.69) is 27.3 Å². The van der Waals surface area contributed by atoms with E-state index >= 15 is 0 Å². The lowest BCUT2D eigenvalue weighted by atomic mass is 9.97. The zero-order valence-electron chi connectivity index (χ0n) is 21.3. The van der Waals surface area contributed by atoms with Gasteiger partial charge >= 0.3 is 0 Å². The minimum Gasteiger partial charge on any atom is -0.494 e. The molecule has 0 spiro atoms. The second kappa shape index (κ2) is 10.8. The maximum Gasteiger partial charge on any atom is 0.251 e. The smallest absolute Gasteiger partial charge is 0.251 e. The number of aliphatic imine (C=N–C) groups is 1. The van der Waals surface area contributed by atoms with Gasteiger partial charge < -0.3 is 25.4 Å². The summed E-state index contributed by atoms with van der Waals surface area (Å²) in [5.74, 6) is 0.734. The maximum absolute atomic E-state index is 12.3. The average molecular weight is 506 g/mol.